The minimum absolute atomic E-state index is 0.0235. The van der Waals surface area contributed by atoms with Gasteiger partial charge in [-0.1, -0.05) is 0 Å². The van der Waals surface area contributed by atoms with Crippen LogP contribution in [0, 0.1) is 12.8 Å². The fourth-order valence-electron chi connectivity index (χ4n) is 4.45. The number of H-pyrrole nitrogens is 1. The van der Waals surface area contributed by atoms with Gasteiger partial charge in [0.05, 0.1) is 11.3 Å². The summed E-state index contributed by atoms with van der Waals surface area (Å²) in [5, 5.41) is 4.29. The van der Waals surface area contributed by atoms with E-state index in [4.69, 9.17) is 9.47 Å². The van der Waals surface area contributed by atoms with Gasteiger partial charge in [0.15, 0.2) is 0 Å². The highest BCUT2D eigenvalue weighted by Gasteiger charge is 2.37. The predicted octanol–water partition coefficient (Wildman–Crippen LogP) is 3.31. The molecule has 0 radical (unpaired) electrons. The molecule has 2 unspecified atom stereocenters. The van der Waals surface area contributed by atoms with E-state index >= 15 is 0 Å². The molecule has 7 heteroatoms. The van der Waals surface area contributed by atoms with Crippen molar-refractivity contribution in [3.8, 4) is 0 Å². The van der Waals surface area contributed by atoms with Gasteiger partial charge in [0.25, 0.3) is 5.91 Å². The molecule has 3 aliphatic rings. The molecule has 2 atom stereocenters. The quantitative estimate of drug-likeness (QED) is 0.455. The number of nitrogens with one attached hydrogen (secondary N) is 2. The van der Waals surface area contributed by atoms with E-state index in [9.17, 15) is 4.79 Å². The van der Waals surface area contributed by atoms with Gasteiger partial charge in [0, 0.05) is 38.1 Å². The fraction of sp³-hybridized carbons (Fsp3) is 0.652. The van der Waals surface area contributed by atoms with Gasteiger partial charge in [-0.3, -0.25) is 9.69 Å². The topological polar surface area (TPSA) is 79.0 Å². The highest BCUT2D eigenvalue weighted by Crippen LogP contribution is 2.45. The van der Waals surface area contributed by atoms with Gasteiger partial charge in [-0.2, -0.15) is 5.10 Å². The molecule has 30 heavy (non-hydrogen) atoms. The summed E-state index contributed by atoms with van der Waals surface area (Å²) >= 11 is 0. The summed E-state index contributed by atoms with van der Waals surface area (Å²) < 4.78 is 11.1. The third-order valence-electron chi connectivity index (χ3n) is 6.66. The molecule has 2 heterocycles. The lowest BCUT2D eigenvalue weighted by Gasteiger charge is -2.32. The summed E-state index contributed by atoms with van der Waals surface area (Å²) in [7, 11) is 3.46. The van der Waals surface area contributed by atoms with Crippen molar-refractivity contribution >= 4 is 17.7 Å². The first-order valence-corrected chi connectivity index (χ1v) is 11.1. The van der Waals surface area contributed by atoms with Crippen LogP contribution in [0.15, 0.2) is 10.7 Å². The lowest BCUT2D eigenvalue weighted by atomic mass is 9.98. The smallest absolute Gasteiger partial charge is 0.273 e. The van der Waals surface area contributed by atoms with Crippen molar-refractivity contribution in [2.75, 3.05) is 20.8 Å². The number of amides is 1. The first-order valence-electron chi connectivity index (χ1n) is 11.1. The molecule has 164 valence electrons. The highest BCUT2D eigenvalue weighted by atomic mass is 16.5. The molecule has 7 nitrogen and oxygen atoms in total. The zero-order chi connectivity index (χ0) is 21.4. The van der Waals surface area contributed by atoms with Crippen LogP contribution in [0.25, 0.3) is 6.08 Å². The molecular formula is C23H34N4O3. The summed E-state index contributed by atoms with van der Waals surface area (Å²) in [5.74, 6) is 0.937. The van der Waals surface area contributed by atoms with Gasteiger partial charge < -0.3 is 14.5 Å². The normalized spacial score (nSPS) is 22.5. The van der Waals surface area contributed by atoms with Crippen molar-refractivity contribution in [1.29, 1.82) is 0 Å². The lowest BCUT2D eigenvalue weighted by molar-refractivity contribution is -0.116. The molecule has 1 aromatic rings. The van der Waals surface area contributed by atoms with E-state index in [0.717, 1.165) is 42.8 Å². The molecule has 0 bridgehead atoms. The third-order valence-corrected chi connectivity index (χ3v) is 6.66. The fourth-order valence-corrected chi connectivity index (χ4v) is 4.45. The zero-order valence-corrected chi connectivity index (χ0v) is 18.7. The summed E-state index contributed by atoms with van der Waals surface area (Å²) in [6, 6.07) is 0. The minimum atomic E-state index is -0.0820. The first kappa shape index (κ1) is 21.3. The minimum Gasteiger partial charge on any atom is -0.367 e. The van der Waals surface area contributed by atoms with Crippen molar-refractivity contribution in [2.45, 2.75) is 71.2 Å². The largest absolute Gasteiger partial charge is 0.367 e. The molecule has 2 fully saturated rings. The molecule has 2 aliphatic carbocycles. The summed E-state index contributed by atoms with van der Waals surface area (Å²) in [6.45, 7) is 7.08. The molecule has 0 saturated heterocycles. The van der Waals surface area contributed by atoms with Gasteiger partial charge in [-0.25, -0.2) is 5.43 Å². The Balaban J connectivity index is 1.61. The van der Waals surface area contributed by atoms with E-state index in [1.807, 2.05) is 6.08 Å². The van der Waals surface area contributed by atoms with Crippen LogP contribution in [0.3, 0.4) is 0 Å². The molecule has 1 aromatic heterocycles. The van der Waals surface area contributed by atoms with Crippen LogP contribution in [0.5, 0.6) is 0 Å². The second kappa shape index (κ2) is 8.65. The van der Waals surface area contributed by atoms with Crippen LogP contribution in [-0.4, -0.2) is 54.7 Å². The average molecular weight is 415 g/mol. The number of aromatic nitrogens is 1. The molecule has 2 N–H and O–H groups in total. The monoisotopic (exact) mass is 414 g/mol. The van der Waals surface area contributed by atoms with Crippen molar-refractivity contribution in [2.24, 2.45) is 11.0 Å². The summed E-state index contributed by atoms with van der Waals surface area (Å²) in [6.07, 6.45) is 7.58. The number of hydrazone groups is 1. The average Bonchev–Trinajstić information content (AvgIpc) is 3.66. The Labute approximate surface area is 178 Å². The number of hydrogen-bond acceptors (Lipinski definition) is 5. The van der Waals surface area contributed by atoms with E-state index in [1.165, 1.54) is 29.7 Å². The van der Waals surface area contributed by atoms with Gasteiger partial charge >= 0.3 is 0 Å². The Kier molecular flexibility index (Phi) is 6.14. The maximum absolute atomic E-state index is 12.4. The maximum atomic E-state index is 12.4. The molecule has 4 rings (SSSR count). The highest BCUT2D eigenvalue weighted by molar-refractivity contribution is 6.28. The van der Waals surface area contributed by atoms with Gasteiger partial charge in [-0.05, 0) is 76.0 Å². The van der Waals surface area contributed by atoms with E-state index < -0.39 is 0 Å². The number of ether oxygens (including phenoxy) is 2. The van der Waals surface area contributed by atoms with Crippen LogP contribution >= 0.6 is 0 Å². The van der Waals surface area contributed by atoms with Gasteiger partial charge in [0.1, 0.15) is 12.5 Å². The Bertz CT molecular complexity index is 854. The number of rotatable bonds is 10. The number of carbonyl (C=O) groups excluding carboxylic acids is 1. The second-order valence-electron chi connectivity index (χ2n) is 8.76. The number of aromatic amines is 1. The lowest BCUT2D eigenvalue weighted by Crippen LogP contribution is -2.43. The van der Waals surface area contributed by atoms with E-state index in [2.05, 4.69) is 41.2 Å². The van der Waals surface area contributed by atoms with Crippen molar-refractivity contribution in [1.82, 2.24) is 15.3 Å². The van der Waals surface area contributed by atoms with Gasteiger partial charge in [0.2, 0.25) is 0 Å². The Morgan fingerprint density at radius 3 is 2.33 bits per heavy atom. The number of nitrogens with zero attached hydrogens (tertiary/aromatic N) is 2. The molecule has 0 aromatic carbocycles. The number of carbonyl (C=O) groups is 1. The Morgan fingerprint density at radius 2 is 1.77 bits per heavy atom. The van der Waals surface area contributed by atoms with Crippen LogP contribution in [0.4, 0.5) is 0 Å². The molecule has 0 spiro atoms. The third kappa shape index (κ3) is 4.24. The number of hydrogen-bond donors (Lipinski definition) is 2. The SMILES string of the molecule is COC(C)N(CCc1c(C)[nH]c(/C=C2/C(=O)NN=C2C2CC2)c1C1CC1)C(C)OC. The first-order chi connectivity index (χ1) is 14.4. The van der Waals surface area contributed by atoms with Crippen LogP contribution in [-0.2, 0) is 20.7 Å². The Hall–Kier alpha value is -1.96. The van der Waals surface area contributed by atoms with Gasteiger partial charge in [-0.15, -0.1) is 0 Å². The van der Waals surface area contributed by atoms with E-state index in [-0.39, 0.29) is 18.4 Å². The standard InChI is InChI=1S/C23H34N4O3/c1-13-18(10-11-27(14(2)29-4)15(3)30-5)21(16-6-7-16)20(24-13)12-19-22(17-8-9-17)25-26-23(19)28/h12,14-17,24H,6-11H2,1-5H3,(H,26,28)/b19-12+. The predicted molar refractivity (Wildman–Crippen MR) is 117 cm³/mol. The molecular weight excluding hydrogens is 380 g/mol. The maximum Gasteiger partial charge on any atom is 0.273 e. The molecule has 1 amide bonds. The van der Waals surface area contributed by atoms with Crippen LogP contribution in [0.2, 0.25) is 0 Å². The zero-order valence-electron chi connectivity index (χ0n) is 18.7. The molecule has 1 aliphatic heterocycles. The summed E-state index contributed by atoms with van der Waals surface area (Å²) in [4.78, 5) is 18.2. The second-order valence-corrected chi connectivity index (χ2v) is 8.76. The molecule has 2 saturated carbocycles. The van der Waals surface area contributed by atoms with Crippen molar-refractivity contribution in [3.05, 3.63) is 28.1 Å². The number of methoxy groups -OCH3 is 2. The van der Waals surface area contributed by atoms with E-state index in [0.29, 0.717) is 11.8 Å². The van der Waals surface area contributed by atoms with Crippen molar-refractivity contribution < 1.29 is 14.3 Å². The Morgan fingerprint density at radius 1 is 1.13 bits per heavy atom. The van der Waals surface area contributed by atoms with E-state index in [1.54, 1.807) is 14.2 Å². The van der Waals surface area contributed by atoms with Crippen LogP contribution in [0.1, 0.15) is 68.0 Å². The van der Waals surface area contributed by atoms with Crippen molar-refractivity contribution in [3.63, 3.8) is 0 Å². The number of aryl methyl sites for hydroxylation is 1. The summed E-state index contributed by atoms with van der Waals surface area (Å²) in [5.41, 5.74) is 9.33. The van der Waals surface area contributed by atoms with Crippen LogP contribution < -0.4 is 5.43 Å².